The molecule has 0 saturated heterocycles. The molecule has 0 radical (unpaired) electrons. The van der Waals surface area contributed by atoms with E-state index in [1.807, 2.05) is 0 Å². The van der Waals surface area contributed by atoms with Crippen LogP contribution < -0.4 is 5.63 Å². The molecule has 3 heteroatoms. The lowest BCUT2D eigenvalue weighted by Gasteiger charge is -2.15. The fourth-order valence-electron chi connectivity index (χ4n) is 2.42. The normalized spacial score (nSPS) is 15.1. The summed E-state index contributed by atoms with van der Waals surface area (Å²) >= 11 is 0. The van der Waals surface area contributed by atoms with Crippen LogP contribution in [0, 0.1) is 5.82 Å². The van der Waals surface area contributed by atoms with Gasteiger partial charge in [-0.05, 0) is 49.4 Å². The molecule has 0 atom stereocenters. The van der Waals surface area contributed by atoms with Crippen LogP contribution in [0.1, 0.15) is 24.0 Å². The Bertz CT molecular complexity index is 613. The van der Waals surface area contributed by atoms with Crippen molar-refractivity contribution in [3.63, 3.8) is 0 Å². The van der Waals surface area contributed by atoms with Crippen molar-refractivity contribution in [1.29, 1.82) is 0 Å². The lowest BCUT2D eigenvalue weighted by atomic mass is 9.91. The van der Waals surface area contributed by atoms with E-state index in [-0.39, 0.29) is 11.4 Å². The maximum atomic E-state index is 13.2. The van der Waals surface area contributed by atoms with Gasteiger partial charge < -0.3 is 4.42 Å². The Morgan fingerprint density at radius 1 is 1.12 bits per heavy atom. The Kier molecular flexibility index (Phi) is 2.06. The Hall–Kier alpha value is -1.64. The average molecular weight is 218 g/mol. The minimum absolute atomic E-state index is 0.256. The number of benzene rings is 1. The molecule has 0 N–H and O–H groups in total. The Morgan fingerprint density at radius 2 is 1.88 bits per heavy atom. The van der Waals surface area contributed by atoms with Gasteiger partial charge >= 0.3 is 5.63 Å². The maximum absolute atomic E-state index is 13.2. The van der Waals surface area contributed by atoms with Crippen molar-refractivity contribution in [2.24, 2.45) is 0 Å². The highest BCUT2D eigenvalue weighted by molar-refractivity contribution is 5.81. The number of aryl methyl sites for hydroxylation is 1. The van der Waals surface area contributed by atoms with Gasteiger partial charge in [0.15, 0.2) is 0 Å². The van der Waals surface area contributed by atoms with Crippen molar-refractivity contribution in [2.75, 3.05) is 0 Å². The molecule has 0 fully saturated rings. The Labute approximate surface area is 91.7 Å². The zero-order chi connectivity index (χ0) is 11.1. The highest BCUT2D eigenvalue weighted by atomic mass is 19.1. The largest absolute Gasteiger partial charge is 0.423 e. The fraction of sp³-hybridized carbons (Fsp3) is 0.308. The highest BCUT2D eigenvalue weighted by Gasteiger charge is 2.17. The van der Waals surface area contributed by atoms with E-state index >= 15 is 0 Å². The molecule has 0 aliphatic heterocycles. The van der Waals surface area contributed by atoms with E-state index in [1.54, 1.807) is 0 Å². The average Bonchev–Trinajstić information content (AvgIpc) is 2.31. The van der Waals surface area contributed by atoms with E-state index < -0.39 is 0 Å². The Balaban J connectivity index is 2.43. The molecule has 0 saturated carbocycles. The summed E-state index contributed by atoms with van der Waals surface area (Å²) in [5, 5.41) is 0.759. The molecular formula is C13H11FO2. The first-order valence-corrected chi connectivity index (χ1v) is 5.50. The summed E-state index contributed by atoms with van der Waals surface area (Å²) in [5.41, 5.74) is 1.96. The summed E-state index contributed by atoms with van der Waals surface area (Å²) in [7, 11) is 0. The summed E-state index contributed by atoms with van der Waals surface area (Å²) in [6, 6.07) is 4.31. The predicted molar refractivity (Wildman–Crippen MR) is 59.1 cm³/mol. The zero-order valence-corrected chi connectivity index (χ0v) is 8.75. The van der Waals surface area contributed by atoms with E-state index in [9.17, 15) is 9.18 Å². The predicted octanol–water partition coefficient (Wildman–Crippen LogP) is 2.81. The van der Waals surface area contributed by atoms with E-state index in [1.165, 1.54) is 18.2 Å². The van der Waals surface area contributed by atoms with Crippen molar-refractivity contribution in [3.8, 4) is 0 Å². The summed E-state index contributed by atoms with van der Waals surface area (Å²) in [5.74, 6) is -0.283. The third-order valence-electron chi connectivity index (χ3n) is 3.18. The standard InChI is InChI=1S/C13H11FO2/c14-8-5-6-12-11(7-8)9-3-1-2-4-10(9)13(15)16-12/h5-7H,1-4H2. The summed E-state index contributed by atoms with van der Waals surface area (Å²) in [6.07, 6.45) is 3.67. The van der Waals surface area contributed by atoms with Gasteiger partial charge in [-0.2, -0.15) is 0 Å². The molecule has 1 aromatic carbocycles. The quantitative estimate of drug-likeness (QED) is 0.636. The second-order valence-electron chi connectivity index (χ2n) is 4.19. The third-order valence-corrected chi connectivity index (χ3v) is 3.18. The first-order chi connectivity index (χ1) is 7.75. The van der Waals surface area contributed by atoms with E-state index in [0.717, 1.165) is 42.2 Å². The number of hydrogen-bond acceptors (Lipinski definition) is 2. The van der Waals surface area contributed by atoms with Crippen LogP contribution in [0.5, 0.6) is 0 Å². The smallest absolute Gasteiger partial charge is 0.339 e. The number of hydrogen-bond donors (Lipinski definition) is 0. The molecular weight excluding hydrogens is 207 g/mol. The number of rotatable bonds is 0. The van der Waals surface area contributed by atoms with Gasteiger partial charge in [-0.15, -0.1) is 0 Å². The van der Waals surface area contributed by atoms with Gasteiger partial charge in [0, 0.05) is 10.9 Å². The van der Waals surface area contributed by atoms with Gasteiger partial charge in [0.1, 0.15) is 11.4 Å². The van der Waals surface area contributed by atoms with Crippen molar-refractivity contribution in [2.45, 2.75) is 25.7 Å². The third kappa shape index (κ3) is 1.35. The fourth-order valence-corrected chi connectivity index (χ4v) is 2.42. The lowest BCUT2D eigenvalue weighted by Crippen LogP contribution is -2.15. The van der Waals surface area contributed by atoms with Crippen LogP contribution in [-0.2, 0) is 12.8 Å². The van der Waals surface area contributed by atoms with Gasteiger partial charge in [0.05, 0.1) is 0 Å². The summed E-state index contributed by atoms with van der Waals surface area (Å²) in [4.78, 5) is 11.7. The van der Waals surface area contributed by atoms with Gasteiger partial charge in [-0.25, -0.2) is 9.18 Å². The van der Waals surface area contributed by atoms with Crippen LogP contribution in [0.15, 0.2) is 27.4 Å². The first-order valence-electron chi connectivity index (χ1n) is 5.50. The van der Waals surface area contributed by atoms with Crippen LogP contribution in [0.2, 0.25) is 0 Å². The van der Waals surface area contributed by atoms with Crippen LogP contribution in [0.25, 0.3) is 11.0 Å². The van der Waals surface area contributed by atoms with Crippen LogP contribution in [-0.4, -0.2) is 0 Å². The molecule has 2 aromatic rings. The molecule has 16 heavy (non-hydrogen) atoms. The maximum Gasteiger partial charge on any atom is 0.339 e. The van der Waals surface area contributed by atoms with Gasteiger partial charge in [0.25, 0.3) is 0 Å². The summed E-state index contributed by atoms with van der Waals surface area (Å²) in [6.45, 7) is 0. The zero-order valence-electron chi connectivity index (χ0n) is 8.75. The lowest BCUT2D eigenvalue weighted by molar-refractivity contribution is 0.532. The minimum atomic E-state index is -0.283. The van der Waals surface area contributed by atoms with Gasteiger partial charge in [0.2, 0.25) is 0 Å². The first kappa shape index (κ1) is 9.58. The molecule has 0 amide bonds. The SMILES string of the molecule is O=c1oc2ccc(F)cc2c2c1CCCC2. The van der Waals surface area contributed by atoms with Crippen LogP contribution >= 0.6 is 0 Å². The molecule has 1 aliphatic rings. The summed E-state index contributed by atoms with van der Waals surface area (Å²) < 4.78 is 18.4. The molecule has 0 unspecified atom stereocenters. The van der Waals surface area contributed by atoms with Crippen LogP contribution in [0.4, 0.5) is 4.39 Å². The monoisotopic (exact) mass is 218 g/mol. The molecule has 2 nitrogen and oxygen atoms in total. The van der Waals surface area contributed by atoms with Gasteiger partial charge in [-0.1, -0.05) is 0 Å². The molecule has 1 aromatic heterocycles. The van der Waals surface area contributed by atoms with Crippen molar-refractivity contribution >= 4 is 11.0 Å². The molecule has 1 aliphatic carbocycles. The highest BCUT2D eigenvalue weighted by Crippen LogP contribution is 2.26. The minimum Gasteiger partial charge on any atom is -0.423 e. The molecule has 0 spiro atoms. The molecule has 3 rings (SSSR count). The molecule has 1 heterocycles. The Morgan fingerprint density at radius 3 is 2.69 bits per heavy atom. The second-order valence-corrected chi connectivity index (χ2v) is 4.19. The molecule has 82 valence electrons. The van der Waals surface area contributed by atoms with E-state index in [4.69, 9.17) is 4.42 Å². The number of fused-ring (bicyclic) bond motifs is 3. The topological polar surface area (TPSA) is 30.2 Å². The number of halogens is 1. The van der Waals surface area contributed by atoms with Crippen molar-refractivity contribution < 1.29 is 8.81 Å². The van der Waals surface area contributed by atoms with E-state index in [0.29, 0.717) is 5.58 Å². The second kappa shape index (κ2) is 3.44. The van der Waals surface area contributed by atoms with Crippen LogP contribution in [0.3, 0.4) is 0 Å². The van der Waals surface area contributed by atoms with Gasteiger partial charge in [-0.3, -0.25) is 0 Å². The van der Waals surface area contributed by atoms with E-state index in [2.05, 4.69) is 0 Å². The van der Waals surface area contributed by atoms with Crippen molar-refractivity contribution in [1.82, 2.24) is 0 Å². The molecule has 0 bridgehead atoms. The van der Waals surface area contributed by atoms with Crippen molar-refractivity contribution in [3.05, 3.63) is 45.6 Å².